The van der Waals surface area contributed by atoms with Crippen molar-refractivity contribution in [2.45, 2.75) is 39.4 Å². The summed E-state index contributed by atoms with van der Waals surface area (Å²) in [5.41, 5.74) is -0.140. The number of nitrogens with zero attached hydrogens (tertiary/aromatic N) is 2. The molecule has 0 aliphatic carbocycles. The Hall–Kier alpha value is -0.250. The Balaban J connectivity index is 0. The maximum absolute atomic E-state index is 12.1. The molecule has 0 aliphatic rings. The number of halogens is 4. The largest absolute Gasteiger partial charge is 0.401 e. The fourth-order valence-corrected chi connectivity index (χ4v) is 1.38. The van der Waals surface area contributed by atoms with Gasteiger partial charge in [0.2, 0.25) is 0 Å². The average molecular weight is 410 g/mol. The zero-order valence-electron chi connectivity index (χ0n) is 12.8. The molecule has 4 nitrogen and oxygen atoms in total. The van der Waals surface area contributed by atoms with E-state index in [0.717, 1.165) is 0 Å². The summed E-state index contributed by atoms with van der Waals surface area (Å²) < 4.78 is 36.4. The number of alkyl halides is 3. The summed E-state index contributed by atoms with van der Waals surface area (Å²) in [6.45, 7) is 8.31. The van der Waals surface area contributed by atoms with Crippen LogP contribution in [0.4, 0.5) is 13.2 Å². The minimum atomic E-state index is -4.16. The number of hydrogen-bond acceptors (Lipinski definition) is 2. The van der Waals surface area contributed by atoms with Crippen LogP contribution in [-0.2, 0) is 0 Å². The maximum atomic E-state index is 12.1. The predicted molar refractivity (Wildman–Crippen MR) is 87.8 cm³/mol. The quantitative estimate of drug-likeness (QED) is 0.416. The van der Waals surface area contributed by atoms with Crippen molar-refractivity contribution in [3.63, 3.8) is 0 Å². The van der Waals surface area contributed by atoms with Gasteiger partial charge in [0.25, 0.3) is 0 Å². The predicted octanol–water partition coefficient (Wildman–Crippen LogP) is 2.45. The minimum Gasteiger partial charge on any atom is -0.357 e. The molecular formula is C12H26F3IN4. The molecule has 0 aromatic carbocycles. The molecule has 0 heterocycles. The molecule has 0 spiro atoms. The Morgan fingerprint density at radius 2 is 1.75 bits per heavy atom. The number of hydrogen-bond donors (Lipinski definition) is 2. The van der Waals surface area contributed by atoms with E-state index in [0.29, 0.717) is 19.0 Å². The highest BCUT2D eigenvalue weighted by Gasteiger charge is 2.28. The highest BCUT2D eigenvalue weighted by Crippen LogP contribution is 2.15. The molecule has 0 aliphatic heterocycles. The summed E-state index contributed by atoms with van der Waals surface area (Å²) in [5.74, 6) is 0.621. The number of rotatable bonds is 5. The lowest BCUT2D eigenvalue weighted by Gasteiger charge is -2.24. The molecule has 0 fully saturated rings. The Morgan fingerprint density at radius 1 is 1.20 bits per heavy atom. The van der Waals surface area contributed by atoms with Crippen LogP contribution in [0.25, 0.3) is 0 Å². The van der Waals surface area contributed by atoms with E-state index < -0.39 is 12.7 Å². The van der Waals surface area contributed by atoms with E-state index >= 15 is 0 Å². The van der Waals surface area contributed by atoms with Gasteiger partial charge in [0, 0.05) is 18.6 Å². The Kier molecular flexibility index (Phi) is 10.6. The standard InChI is InChI=1S/C12H25F3N4.HI/c1-6-16-10(18-11(2,3)4)17-7-8-19(5)9-12(13,14)15;/h6-9H2,1-5H3,(H2,16,17,18);1H. The molecule has 0 bridgehead atoms. The van der Waals surface area contributed by atoms with Gasteiger partial charge >= 0.3 is 6.18 Å². The van der Waals surface area contributed by atoms with Gasteiger partial charge in [0.1, 0.15) is 0 Å². The van der Waals surface area contributed by atoms with E-state index in [1.165, 1.54) is 11.9 Å². The molecule has 0 saturated heterocycles. The monoisotopic (exact) mass is 410 g/mol. The van der Waals surface area contributed by atoms with Crippen LogP contribution in [0.2, 0.25) is 0 Å². The first-order valence-electron chi connectivity index (χ1n) is 6.35. The topological polar surface area (TPSA) is 39.7 Å². The zero-order chi connectivity index (χ0) is 15.1. The van der Waals surface area contributed by atoms with Crippen molar-refractivity contribution in [3.8, 4) is 0 Å². The summed E-state index contributed by atoms with van der Waals surface area (Å²) in [6, 6.07) is 0. The fourth-order valence-electron chi connectivity index (χ4n) is 1.38. The lowest BCUT2D eigenvalue weighted by Crippen LogP contribution is -2.47. The van der Waals surface area contributed by atoms with Crippen LogP contribution in [0.15, 0.2) is 4.99 Å². The summed E-state index contributed by atoms with van der Waals surface area (Å²) in [6.07, 6.45) is -4.16. The van der Waals surface area contributed by atoms with Crippen molar-refractivity contribution >= 4 is 29.9 Å². The van der Waals surface area contributed by atoms with Gasteiger partial charge in [-0.05, 0) is 34.7 Å². The summed E-state index contributed by atoms with van der Waals surface area (Å²) in [5, 5.41) is 6.24. The van der Waals surface area contributed by atoms with E-state index in [-0.39, 0.29) is 36.1 Å². The molecule has 0 aromatic rings. The van der Waals surface area contributed by atoms with Gasteiger partial charge in [-0.3, -0.25) is 9.89 Å². The Labute approximate surface area is 136 Å². The second kappa shape index (κ2) is 9.64. The Bertz CT molecular complexity index is 287. The van der Waals surface area contributed by atoms with Crippen molar-refractivity contribution in [2.75, 3.05) is 33.2 Å². The van der Waals surface area contributed by atoms with Crippen molar-refractivity contribution in [1.29, 1.82) is 0 Å². The normalized spacial score (nSPS) is 13.2. The van der Waals surface area contributed by atoms with Crippen LogP contribution >= 0.6 is 24.0 Å². The van der Waals surface area contributed by atoms with Crippen LogP contribution in [0.5, 0.6) is 0 Å². The summed E-state index contributed by atoms with van der Waals surface area (Å²) in [7, 11) is 1.44. The molecule has 0 amide bonds. The van der Waals surface area contributed by atoms with E-state index in [2.05, 4.69) is 15.6 Å². The van der Waals surface area contributed by atoms with Crippen LogP contribution in [0.1, 0.15) is 27.7 Å². The SMILES string of the molecule is CCNC(=NCCN(C)CC(F)(F)F)NC(C)(C)C.I. The van der Waals surface area contributed by atoms with Crippen molar-refractivity contribution in [3.05, 3.63) is 0 Å². The molecule has 0 unspecified atom stereocenters. The second-order valence-corrected chi connectivity index (χ2v) is 5.49. The van der Waals surface area contributed by atoms with Gasteiger partial charge in [-0.2, -0.15) is 13.2 Å². The zero-order valence-corrected chi connectivity index (χ0v) is 15.1. The van der Waals surface area contributed by atoms with Crippen LogP contribution < -0.4 is 10.6 Å². The van der Waals surface area contributed by atoms with Crippen molar-refractivity contribution in [2.24, 2.45) is 4.99 Å². The van der Waals surface area contributed by atoms with Crippen molar-refractivity contribution < 1.29 is 13.2 Å². The highest BCUT2D eigenvalue weighted by molar-refractivity contribution is 14.0. The first kappa shape index (κ1) is 22.0. The third-order valence-electron chi connectivity index (χ3n) is 2.04. The third-order valence-corrected chi connectivity index (χ3v) is 2.04. The fraction of sp³-hybridized carbons (Fsp3) is 0.917. The van der Waals surface area contributed by atoms with Gasteiger partial charge in [-0.1, -0.05) is 0 Å². The molecule has 20 heavy (non-hydrogen) atoms. The molecule has 0 saturated carbocycles. The van der Waals surface area contributed by atoms with E-state index in [1.54, 1.807) is 0 Å². The number of nitrogens with one attached hydrogen (secondary N) is 2. The molecule has 0 atom stereocenters. The minimum absolute atomic E-state index is 0. The Morgan fingerprint density at radius 3 is 2.15 bits per heavy atom. The molecule has 0 radical (unpaired) electrons. The van der Waals surface area contributed by atoms with Crippen molar-refractivity contribution in [1.82, 2.24) is 15.5 Å². The molecule has 8 heteroatoms. The lowest BCUT2D eigenvalue weighted by molar-refractivity contribution is -0.142. The van der Waals surface area contributed by atoms with Crippen LogP contribution in [0, 0.1) is 0 Å². The van der Waals surface area contributed by atoms with E-state index in [4.69, 9.17) is 0 Å². The first-order chi connectivity index (χ1) is 8.53. The summed E-state index contributed by atoms with van der Waals surface area (Å²) >= 11 is 0. The van der Waals surface area contributed by atoms with E-state index in [1.807, 2.05) is 27.7 Å². The average Bonchev–Trinajstić information content (AvgIpc) is 2.12. The number of likely N-dealkylation sites (N-methyl/N-ethyl adjacent to an activating group) is 1. The van der Waals surface area contributed by atoms with Gasteiger partial charge < -0.3 is 10.6 Å². The molecular weight excluding hydrogens is 384 g/mol. The third kappa shape index (κ3) is 14.2. The first-order valence-corrected chi connectivity index (χ1v) is 6.35. The molecule has 122 valence electrons. The smallest absolute Gasteiger partial charge is 0.357 e. The van der Waals surface area contributed by atoms with Gasteiger partial charge in [0.05, 0.1) is 13.1 Å². The number of aliphatic imine (C=N–C) groups is 1. The maximum Gasteiger partial charge on any atom is 0.401 e. The van der Waals surface area contributed by atoms with Gasteiger partial charge in [0.15, 0.2) is 5.96 Å². The summed E-state index contributed by atoms with van der Waals surface area (Å²) in [4.78, 5) is 5.47. The van der Waals surface area contributed by atoms with E-state index in [9.17, 15) is 13.2 Å². The van der Waals surface area contributed by atoms with Crippen LogP contribution in [-0.4, -0.2) is 55.8 Å². The van der Waals surface area contributed by atoms with Gasteiger partial charge in [-0.25, -0.2) is 0 Å². The molecule has 0 aromatic heterocycles. The van der Waals surface area contributed by atoms with Gasteiger partial charge in [-0.15, -0.1) is 24.0 Å². The highest BCUT2D eigenvalue weighted by atomic mass is 127. The van der Waals surface area contributed by atoms with Crippen LogP contribution in [0.3, 0.4) is 0 Å². The number of guanidine groups is 1. The lowest BCUT2D eigenvalue weighted by atomic mass is 10.1. The second-order valence-electron chi connectivity index (χ2n) is 5.49. The molecule has 2 N–H and O–H groups in total. The molecule has 0 rings (SSSR count).